The SMILES string of the molecule is CC(C)(C)OC(=O)CN(Cc1cc(F)cc(C#N)c1)C(=O)OC(C)(C)C. The molecule has 0 fully saturated rings. The molecule has 0 saturated heterocycles. The van der Waals surface area contributed by atoms with Gasteiger partial charge in [0.05, 0.1) is 11.6 Å². The third-order valence-electron chi connectivity index (χ3n) is 2.85. The molecule has 0 aliphatic carbocycles. The van der Waals surface area contributed by atoms with Crippen LogP contribution in [0.4, 0.5) is 9.18 Å². The molecule has 0 aliphatic rings. The fourth-order valence-corrected chi connectivity index (χ4v) is 2.07. The van der Waals surface area contributed by atoms with Crippen molar-refractivity contribution in [1.82, 2.24) is 4.90 Å². The van der Waals surface area contributed by atoms with Crippen LogP contribution in [0.3, 0.4) is 0 Å². The van der Waals surface area contributed by atoms with Crippen molar-refractivity contribution < 1.29 is 23.5 Å². The summed E-state index contributed by atoms with van der Waals surface area (Å²) in [5.74, 6) is -1.21. The van der Waals surface area contributed by atoms with Crippen molar-refractivity contribution in [3.63, 3.8) is 0 Å². The first-order valence-corrected chi connectivity index (χ1v) is 8.18. The van der Waals surface area contributed by atoms with Crippen LogP contribution < -0.4 is 0 Å². The highest BCUT2D eigenvalue weighted by molar-refractivity contribution is 5.78. The Morgan fingerprint density at radius 3 is 2.15 bits per heavy atom. The number of benzene rings is 1. The third-order valence-corrected chi connectivity index (χ3v) is 2.85. The van der Waals surface area contributed by atoms with Gasteiger partial charge >= 0.3 is 12.1 Å². The second-order valence-corrected chi connectivity index (χ2v) is 7.88. The molecule has 0 bridgehead atoms. The molecule has 26 heavy (non-hydrogen) atoms. The number of esters is 1. The first-order chi connectivity index (χ1) is 11.8. The fourth-order valence-electron chi connectivity index (χ4n) is 2.07. The Morgan fingerprint density at radius 1 is 1.08 bits per heavy atom. The van der Waals surface area contributed by atoms with Gasteiger partial charge in [0.2, 0.25) is 0 Å². The van der Waals surface area contributed by atoms with Gasteiger partial charge in [0.15, 0.2) is 0 Å². The predicted octanol–water partition coefficient (Wildman–Crippen LogP) is 3.78. The topological polar surface area (TPSA) is 79.6 Å². The van der Waals surface area contributed by atoms with Crippen LogP contribution in [0, 0.1) is 17.1 Å². The van der Waals surface area contributed by atoms with Crippen LogP contribution in [0.2, 0.25) is 0 Å². The van der Waals surface area contributed by atoms with Crippen LogP contribution in [0.5, 0.6) is 0 Å². The highest BCUT2D eigenvalue weighted by Crippen LogP contribution is 2.16. The summed E-state index contributed by atoms with van der Waals surface area (Å²) < 4.78 is 24.2. The number of hydrogen-bond donors (Lipinski definition) is 0. The van der Waals surface area contributed by atoms with E-state index in [-0.39, 0.29) is 18.7 Å². The van der Waals surface area contributed by atoms with Gasteiger partial charge < -0.3 is 9.47 Å². The Kier molecular flexibility index (Phi) is 6.73. The Bertz CT molecular complexity index is 712. The molecule has 0 aromatic heterocycles. The smallest absolute Gasteiger partial charge is 0.411 e. The Balaban J connectivity index is 3.04. The largest absolute Gasteiger partial charge is 0.459 e. The lowest BCUT2D eigenvalue weighted by atomic mass is 10.1. The molecular formula is C19H25FN2O4. The average molecular weight is 364 g/mol. The Morgan fingerprint density at radius 2 is 1.65 bits per heavy atom. The average Bonchev–Trinajstić information content (AvgIpc) is 2.42. The van der Waals surface area contributed by atoms with Gasteiger partial charge in [-0.2, -0.15) is 5.26 Å². The number of nitriles is 1. The molecular weight excluding hydrogens is 339 g/mol. The van der Waals surface area contributed by atoms with Gasteiger partial charge in [0.1, 0.15) is 23.6 Å². The number of carbonyl (C=O) groups excluding carboxylic acids is 2. The number of ether oxygens (including phenoxy) is 2. The van der Waals surface area contributed by atoms with Gasteiger partial charge in [-0.25, -0.2) is 9.18 Å². The van der Waals surface area contributed by atoms with Crippen molar-refractivity contribution in [2.24, 2.45) is 0 Å². The second kappa shape index (κ2) is 8.17. The van der Waals surface area contributed by atoms with Crippen LogP contribution in [0.1, 0.15) is 52.7 Å². The molecule has 0 heterocycles. The molecule has 7 heteroatoms. The number of hydrogen-bond acceptors (Lipinski definition) is 5. The van der Waals surface area contributed by atoms with E-state index in [1.807, 2.05) is 6.07 Å². The van der Waals surface area contributed by atoms with Crippen LogP contribution in [0.15, 0.2) is 18.2 Å². The molecule has 0 saturated carbocycles. The van der Waals surface area contributed by atoms with E-state index in [0.717, 1.165) is 11.0 Å². The number of carbonyl (C=O) groups is 2. The number of nitrogens with zero attached hydrogens (tertiary/aromatic N) is 2. The summed E-state index contributed by atoms with van der Waals surface area (Å²) in [5.41, 5.74) is -0.968. The first-order valence-electron chi connectivity index (χ1n) is 8.18. The highest BCUT2D eigenvalue weighted by atomic mass is 19.1. The maximum Gasteiger partial charge on any atom is 0.411 e. The maximum atomic E-state index is 13.6. The molecule has 6 nitrogen and oxygen atoms in total. The lowest BCUT2D eigenvalue weighted by Gasteiger charge is -2.28. The summed E-state index contributed by atoms with van der Waals surface area (Å²) in [6.45, 7) is 9.80. The van der Waals surface area contributed by atoms with E-state index in [4.69, 9.17) is 14.7 Å². The predicted molar refractivity (Wildman–Crippen MR) is 93.6 cm³/mol. The molecule has 0 unspecified atom stereocenters. The monoisotopic (exact) mass is 364 g/mol. The van der Waals surface area contributed by atoms with Gasteiger partial charge in [0.25, 0.3) is 0 Å². The zero-order valence-electron chi connectivity index (χ0n) is 16.1. The van der Waals surface area contributed by atoms with E-state index in [2.05, 4.69) is 0 Å². The van der Waals surface area contributed by atoms with Crippen molar-refractivity contribution in [1.29, 1.82) is 5.26 Å². The maximum absolute atomic E-state index is 13.6. The van der Waals surface area contributed by atoms with E-state index >= 15 is 0 Å². The van der Waals surface area contributed by atoms with Crippen molar-refractivity contribution in [3.05, 3.63) is 35.1 Å². The molecule has 1 aromatic rings. The number of halogens is 1. The molecule has 0 spiro atoms. The quantitative estimate of drug-likeness (QED) is 0.760. The summed E-state index contributed by atoms with van der Waals surface area (Å²) in [5, 5.41) is 8.96. The van der Waals surface area contributed by atoms with Gasteiger partial charge in [-0.15, -0.1) is 0 Å². The molecule has 1 amide bonds. The summed E-state index contributed by atoms with van der Waals surface area (Å²) in [7, 11) is 0. The summed E-state index contributed by atoms with van der Waals surface area (Å²) in [6.07, 6.45) is -0.730. The van der Waals surface area contributed by atoms with Crippen LogP contribution >= 0.6 is 0 Å². The molecule has 1 rings (SSSR count). The van der Waals surface area contributed by atoms with Gasteiger partial charge in [-0.1, -0.05) is 0 Å². The van der Waals surface area contributed by atoms with Crippen molar-refractivity contribution in [3.8, 4) is 6.07 Å². The molecule has 0 aliphatic heterocycles. The van der Waals surface area contributed by atoms with E-state index in [9.17, 15) is 14.0 Å². The zero-order chi connectivity index (χ0) is 20.1. The normalized spacial score (nSPS) is 11.5. The summed E-state index contributed by atoms with van der Waals surface area (Å²) in [4.78, 5) is 25.7. The second-order valence-electron chi connectivity index (χ2n) is 7.88. The van der Waals surface area contributed by atoms with E-state index in [1.54, 1.807) is 41.5 Å². The summed E-state index contributed by atoms with van der Waals surface area (Å²) >= 11 is 0. The molecule has 0 radical (unpaired) electrons. The lowest BCUT2D eigenvalue weighted by molar-refractivity contribution is -0.156. The molecule has 1 aromatic carbocycles. The molecule has 142 valence electrons. The highest BCUT2D eigenvalue weighted by Gasteiger charge is 2.26. The standard InChI is InChI=1S/C19H25FN2O4/c1-18(2,3)25-16(23)12-22(17(24)26-19(4,5)6)11-14-7-13(10-21)8-15(20)9-14/h7-9H,11-12H2,1-6H3. The van der Waals surface area contributed by atoms with Crippen molar-refractivity contribution >= 4 is 12.1 Å². The fraction of sp³-hybridized carbons (Fsp3) is 0.526. The minimum Gasteiger partial charge on any atom is -0.459 e. The minimum atomic E-state index is -0.761. The lowest BCUT2D eigenvalue weighted by Crippen LogP contribution is -2.41. The van der Waals surface area contributed by atoms with E-state index < -0.39 is 29.1 Å². The zero-order valence-corrected chi connectivity index (χ0v) is 16.1. The van der Waals surface area contributed by atoms with Gasteiger partial charge in [-0.3, -0.25) is 9.69 Å². The Labute approximate surface area is 153 Å². The van der Waals surface area contributed by atoms with Gasteiger partial charge in [-0.05, 0) is 65.3 Å². The van der Waals surface area contributed by atoms with Crippen molar-refractivity contribution in [2.75, 3.05) is 6.54 Å². The van der Waals surface area contributed by atoms with E-state index in [1.165, 1.54) is 12.1 Å². The van der Waals surface area contributed by atoms with Crippen LogP contribution in [0.25, 0.3) is 0 Å². The van der Waals surface area contributed by atoms with Crippen molar-refractivity contribution in [2.45, 2.75) is 59.3 Å². The molecule has 0 atom stereocenters. The minimum absolute atomic E-state index is 0.0966. The Hall–Kier alpha value is -2.62. The number of amides is 1. The van der Waals surface area contributed by atoms with Gasteiger partial charge in [0, 0.05) is 6.54 Å². The van der Waals surface area contributed by atoms with Crippen LogP contribution in [-0.4, -0.2) is 34.7 Å². The van der Waals surface area contributed by atoms with Crippen LogP contribution in [-0.2, 0) is 20.8 Å². The van der Waals surface area contributed by atoms with E-state index in [0.29, 0.717) is 5.56 Å². The third kappa shape index (κ3) is 7.97. The first kappa shape index (κ1) is 21.4. The molecule has 0 N–H and O–H groups in total. The summed E-state index contributed by atoms with van der Waals surface area (Å²) in [6, 6.07) is 5.60. The number of rotatable bonds is 4.